The Bertz CT molecular complexity index is 1280. The van der Waals surface area contributed by atoms with Crippen LogP contribution in [0.1, 0.15) is 30.0 Å². The van der Waals surface area contributed by atoms with Gasteiger partial charge in [0, 0.05) is 5.56 Å². The first-order chi connectivity index (χ1) is 15.4. The van der Waals surface area contributed by atoms with Gasteiger partial charge in [0.1, 0.15) is 11.3 Å². The van der Waals surface area contributed by atoms with Gasteiger partial charge in [-0.15, -0.1) is 0 Å². The van der Waals surface area contributed by atoms with Crippen molar-refractivity contribution in [3.63, 3.8) is 0 Å². The van der Waals surface area contributed by atoms with Crippen LogP contribution in [-0.2, 0) is 9.59 Å². The smallest absolute Gasteiger partial charge is 0.335 e. The molecule has 0 radical (unpaired) electrons. The van der Waals surface area contributed by atoms with E-state index in [0.29, 0.717) is 23.6 Å². The van der Waals surface area contributed by atoms with E-state index in [0.717, 1.165) is 33.2 Å². The lowest BCUT2D eigenvalue weighted by atomic mass is 9.99. The highest BCUT2D eigenvalue weighted by molar-refractivity contribution is 6.39. The number of carbonyl (C=O) groups is 3. The molecule has 4 amide bonds. The molecule has 1 fully saturated rings. The third-order valence-corrected chi connectivity index (χ3v) is 5.60. The number of aryl methyl sites for hydroxylation is 1. The Labute approximate surface area is 186 Å². The summed E-state index contributed by atoms with van der Waals surface area (Å²) >= 11 is 0. The molecule has 162 valence electrons. The number of amides is 4. The van der Waals surface area contributed by atoms with Gasteiger partial charge in [-0.1, -0.05) is 49.4 Å². The molecule has 0 atom stereocenters. The molecule has 0 bridgehead atoms. The van der Waals surface area contributed by atoms with Gasteiger partial charge in [0.25, 0.3) is 11.8 Å². The van der Waals surface area contributed by atoms with Crippen molar-refractivity contribution in [2.24, 2.45) is 0 Å². The lowest BCUT2D eigenvalue weighted by Gasteiger charge is -2.28. The van der Waals surface area contributed by atoms with Gasteiger partial charge < -0.3 is 4.74 Å². The van der Waals surface area contributed by atoms with Crippen molar-refractivity contribution in [1.29, 1.82) is 0 Å². The van der Waals surface area contributed by atoms with Crippen LogP contribution in [0.4, 0.5) is 10.5 Å². The number of barbiturate groups is 1. The van der Waals surface area contributed by atoms with Crippen molar-refractivity contribution in [3.8, 4) is 5.75 Å². The summed E-state index contributed by atoms with van der Waals surface area (Å²) in [5.74, 6) is -0.813. The first-order valence-corrected chi connectivity index (χ1v) is 10.5. The fraction of sp³-hybridized carbons (Fsp3) is 0.192. The average molecular weight is 428 g/mol. The second kappa shape index (κ2) is 8.67. The lowest BCUT2D eigenvalue weighted by Crippen LogP contribution is -2.54. The van der Waals surface area contributed by atoms with Crippen molar-refractivity contribution in [1.82, 2.24) is 5.32 Å². The molecule has 1 aliphatic rings. The predicted molar refractivity (Wildman–Crippen MR) is 125 cm³/mol. The number of urea groups is 1. The first-order valence-electron chi connectivity index (χ1n) is 10.5. The van der Waals surface area contributed by atoms with Crippen LogP contribution in [0.15, 0.2) is 60.2 Å². The van der Waals surface area contributed by atoms with Gasteiger partial charge in [-0.05, 0) is 60.4 Å². The van der Waals surface area contributed by atoms with Gasteiger partial charge in [0.05, 0.1) is 12.3 Å². The lowest BCUT2D eigenvalue weighted by molar-refractivity contribution is -0.122. The number of hydrogen-bond acceptors (Lipinski definition) is 4. The maximum atomic E-state index is 13.4. The molecular weight excluding hydrogens is 404 g/mol. The topological polar surface area (TPSA) is 75.7 Å². The molecule has 32 heavy (non-hydrogen) atoms. The molecule has 4 rings (SSSR count). The zero-order valence-corrected chi connectivity index (χ0v) is 18.3. The van der Waals surface area contributed by atoms with E-state index in [4.69, 9.17) is 4.74 Å². The zero-order chi connectivity index (χ0) is 22.8. The summed E-state index contributed by atoms with van der Waals surface area (Å²) in [7, 11) is 0. The number of anilines is 1. The predicted octanol–water partition coefficient (Wildman–Crippen LogP) is 4.91. The molecule has 0 unspecified atom stereocenters. The molecule has 0 saturated carbocycles. The Hall–Kier alpha value is -3.93. The first kappa shape index (κ1) is 21.3. The van der Waals surface area contributed by atoms with Crippen LogP contribution in [-0.4, -0.2) is 24.5 Å². The fourth-order valence-corrected chi connectivity index (χ4v) is 3.76. The normalized spacial score (nSPS) is 15.4. The van der Waals surface area contributed by atoms with E-state index in [-0.39, 0.29) is 5.57 Å². The standard InChI is InChI=1S/C26H24N2O4/c1-4-14-32-23-13-12-18-9-5-6-10-19(18)20(23)15-21-24(29)27-26(31)28(25(21)30)22-11-7-8-16(2)17(22)3/h5-13,15H,4,14H2,1-3H3,(H,27,29,31)/b21-15+. The summed E-state index contributed by atoms with van der Waals surface area (Å²) in [5, 5.41) is 4.11. The van der Waals surface area contributed by atoms with Crippen LogP contribution in [0.3, 0.4) is 0 Å². The molecule has 6 heteroatoms. The van der Waals surface area contributed by atoms with Gasteiger partial charge in [-0.2, -0.15) is 0 Å². The molecule has 1 heterocycles. The molecule has 1 aliphatic heterocycles. The molecule has 0 spiro atoms. The number of nitrogens with one attached hydrogen (secondary N) is 1. The number of imide groups is 2. The van der Waals surface area contributed by atoms with E-state index >= 15 is 0 Å². The largest absolute Gasteiger partial charge is 0.493 e. The Morgan fingerprint density at radius 2 is 1.75 bits per heavy atom. The highest BCUT2D eigenvalue weighted by Crippen LogP contribution is 2.32. The second-order valence-corrected chi connectivity index (χ2v) is 7.72. The highest BCUT2D eigenvalue weighted by Gasteiger charge is 2.37. The number of ether oxygens (including phenoxy) is 1. The number of fused-ring (bicyclic) bond motifs is 1. The maximum Gasteiger partial charge on any atom is 0.335 e. The van der Waals surface area contributed by atoms with E-state index in [1.807, 2.05) is 63.2 Å². The quantitative estimate of drug-likeness (QED) is 0.463. The van der Waals surface area contributed by atoms with Crippen LogP contribution in [0.5, 0.6) is 5.75 Å². The number of benzene rings is 3. The van der Waals surface area contributed by atoms with E-state index < -0.39 is 17.8 Å². The van der Waals surface area contributed by atoms with Crippen molar-refractivity contribution < 1.29 is 19.1 Å². The minimum atomic E-state index is -0.758. The molecule has 3 aromatic rings. The molecule has 0 aliphatic carbocycles. The summed E-state index contributed by atoms with van der Waals surface area (Å²) < 4.78 is 5.91. The zero-order valence-electron chi connectivity index (χ0n) is 18.3. The maximum absolute atomic E-state index is 13.4. The van der Waals surface area contributed by atoms with Gasteiger partial charge in [-0.25, -0.2) is 9.69 Å². The van der Waals surface area contributed by atoms with E-state index in [9.17, 15) is 14.4 Å². The van der Waals surface area contributed by atoms with Gasteiger partial charge >= 0.3 is 6.03 Å². The third-order valence-electron chi connectivity index (χ3n) is 5.60. The number of carbonyl (C=O) groups excluding carboxylic acids is 3. The summed E-state index contributed by atoms with van der Waals surface area (Å²) in [5.41, 5.74) is 2.69. The van der Waals surface area contributed by atoms with Gasteiger partial charge in [0.2, 0.25) is 0 Å². The van der Waals surface area contributed by atoms with E-state index in [2.05, 4.69) is 5.32 Å². The fourth-order valence-electron chi connectivity index (χ4n) is 3.76. The Morgan fingerprint density at radius 1 is 0.969 bits per heavy atom. The van der Waals surface area contributed by atoms with Crippen LogP contribution >= 0.6 is 0 Å². The Kier molecular flexibility index (Phi) is 5.77. The second-order valence-electron chi connectivity index (χ2n) is 7.72. The van der Waals surface area contributed by atoms with Crippen molar-refractivity contribution in [2.75, 3.05) is 11.5 Å². The minimum Gasteiger partial charge on any atom is -0.493 e. The van der Waals surface area contributed by atoms with Crippen LogP contribution in [0.2, 0.25) is 0 Å². The molecule has 3 aromatic carbocycles. The molecule has 1 N–H and O–H groups in total. The SMILES string of the molecule is CCCOc1ccc2ccccc2c1/C=C1\C(=O)NC(=O)N(c2cccc(C)c2C)C1=O. The van der Waals surface area contributed by atoms with Gasteiger partial charge in [-0.3, -0.25) is 14.9 Å². The van der Waals surface area contributed by atoms with E-state index in [1.165, 1.54) is 6.08 Å². The minimum absolute atomic E-state index is 0.122. The third kappa shape index (κ3) is 3.75. The van der Waals surface area contributed by atoms with Crippen molar-refractivity contribution >= 4 is 40.4 Å². The van der Waals surface area contributed by atoms with Crippen LogP contribution < -0.4 is 15.0 Å². The van der Waals surface area contributed by atoms with Crippen molar-refractivity contribution in [2.45, 2.75) is 27.2 Å². The molecule has 0 aromatic heterocycles. The molecular formula is C26H24N2O4. The number of hydrogen-bond donors (Lipinski definition) is 1. The van der Waals surface area contributed by atoms with Crippen LogP contribution in [0, 0.1) is 13.8 Å². The highest BCUT2D eigenvalue weighted by atomic mass is 16.5. The van der Waals surface area contributed by atoms with Gasteiger partial charge in [0.15, 0.2) is 0 Å². The Balaban J connectivity index is 1.87. The number of nitrogens with zero attached hydrogens (tertiary/aromatic N) is 1. The average Bonchev–Trinajstić information content (AvgIpc) is 2.78. The van der Waals surface area contributed by atoms with E-state index in [1.54, 1.807) is 12.1 Å². The Morgan fingerprint density at radius 3 is 2.53 bits per heavy atom. The monoisotopic (exact) mass is 428 g/mol. The summed E-state index contributed by atoms with van der Waals surface area (Å²) in [6, 6.07) is 16.1. The number of rotatable bonds is 5. The molecule has 6 nitrogen and oxygen atoms in total. The molecule has 1 saturated heterocycles. The summed E-state index contributed by atoms with van der Waals surface area (Å²) in [6.45, 7) is 6.25. The summed E-state index contributed by atoms with van der Waals surface area (Å²) in [6.07, 6.45) is 2.34. The van der Waals surface area contributed by atoms with Crippen LogP contribution in [0.25, 0.3) is 16.8 Å². The van der Waals surface area contributed by atoms with Crippen molar-refractivity contribution in [3.05, 3.63) is 76.9 Å². The summed E-state index contributed by atoms with van der Waals surface area (Å²) in [4.78, 5) is 39.8.